The van der Waals surface area contributed by atoms with Crippen LogP contribution in [0.2, 0.25) is 0 Å². The first kappa shape index (κ1) is 15.9. The lowest BCUT2D eigenvalue weighted by Gasteiger charge is -2.27. The number of sulfonamides is 1. The molecule has 108 valence electrons. The highest BCUT2D eigenvalue weighted by Crippen LogP contribution is 2.19. The van der Waals surface area contributed by atoms with Crippen LogP contribution in [0.4, 0.5) is 5.69 Å². The third-order valence-electron chi connectivity index (χ3n) is 2.75. The van der Waals surface area contributed by atoms with Crippen molar-refractivity contribution in [3.05, 3.63) is 24.3 Å². The second-order valence-corrected chi connectivity index (χ2v) is 6.84. The number of hydrogen-bond acceptors (Lipinski definition) is 4. The summed E-state index contributed by atoms with van der Waals surface area (Å²) in [5.74, 6) is 0. The van der Waals surface area contributed by atoms with E-state index < -0.39 is 10.0 Å². The number of benzene rings is 1. The van der Waals surface area contributed by atoms with Gasteiger partial charge in [-0.3, -0.25) is 0 Å². The Balaban J connectivity index is 2.83. The standard InChI is InChI=1S/C13H23N3O2S/c1-4-15-19(17,18)12-7-5-11(6-8-12)16-13(2,3)9-10-14/h5-8,15-16H,4,9-10,14H2,1-3H3. The Morgan fingerprint density at radius 1 is 1.21 bits per heavy atom. The number of hydrogen-bond donors (Lipinski definition) is 3. The molecule has 0 aliphatic heterocycles. The van der Waals surface area contributed by atoms with Crippen LogP contribution >= 0.6 is 0 Å². The first-order valence-corrected chi connectivity index (χ1v) is 7.87. The van der Waals surface area contributed by atoms with Crippen molar-refractivity contribution >= 4 is 15.7 Å². The van der Waals surface area contributed by atoms with Crippen LogP contribution in [0.3, 0.4) is 0 Å². The SMILES string of the molecule is CCNS(=O)(=O)c1ccc(NC(C)(C)CCN)cc1. The Bertz CT molecular complexity index is 495. The van der Waals surface area contributed by atoms with E-state index in [4.69, 9.17) is 5.73 Å². The molecule has 0 saturated carbocycles. The molecule has 1 aromatic rings. The summed E-state index contributed by atoms with van der Waals surface area (Å²) in [6.45, 7) is 6.86. The van der Waals surface area contributed by atoms with Gasteiger partial charge in [0.05, 0.1) is 4.90 Å². The quantitative estimate of drug-likeness (QED) is 0.709. The van der Waals surface area contributed by atoms with Crippen LogP contribution in [0.5, 0.6) is 0 Å². The largest absolute Gasteiger partial charge is 0.380 e. The summed E-state index contributed by atoms with van der Waals surface area (Å²) in [5, 5.41) is 3.33. The highest BCUT2D eigenvalue weighted by atomic mass is 32.2. The molecule has 0 aromatic heterocycles. The number of nitrogens with two attached hydrogens (primary N) is 1. The molecule has 0 aliphatic carbocycles. The molecule has 0 aliphatic rings. The van der Waals surface area contributed by atoms with Gasteiger partial charge < -0.3 is 11.1 Å². The van der Waals surface area contributed by atoms with Crippen LogP contribution in [0.1, 0.15) is 27.2 Å². The smallest absolute Gasteiger partial charge is 0.240 e. The highest BCUT2D eigenvalue weighted by Gasteiger charge is 2.17. The van der Waals surface area contributed by atoms with E-state index in [1.54, 1.807) is 31.2 Å². The average molecular weight is 285 g/mol. The van der Waals surface area contributed by atoms with Crippen LogP contribution in [-0.2, 0) is 10.0 Å². The van der Waals surface area contributed by atoms with E-state index in [1.165, 1.54) is 0 Å². The van der Waals surface area contributed by atoms with Gasteiger partial charge in [0.1, 0.15) is 0 Å². The molecule has 0 unspecified atom stereocenters. The van der Waals surface area contributed by atoms with Gasteiger partial charge in [0.2, 0.25) is 10.0 Å². The summed E-state index contributed by atoms with van der Waals surface area (Å²) >= 11 is 0. The van der Waals surface area contributed by atoms with Gasteiger partial charge in [-0.25, -0.2) is 13.1 Å². The Morgan fingerprint density at radius 3 is 2.26 bits per heavy atom. The fourth-order valence-corrected chi connectivity index (χ4v) is 2.85. The van der Waals surface area contributed by atoms with E-state index >= 15 is 0 Å². The molecule has 0 atom stereocenters. The summed E-state index contributed by atoms with van der Waals surface area (Å²) in [5.41, 5.74) is 6.32. The summed E-state index contributed by atoms with van der Waals surface area (Å²) in [6.07, 6.45) is 0.838. The maximum Gasteiger partial charge on any atom is 0.240 e. The predicted octanol–water partition coefficient (Wildman–Crippen LogP) is 1.52. The molecular formula is C13H23N3O2S. The van der Waals surface area contributed by atoms with Gasteiger partial charge in [-0.15, -0.1) is 0 Å². The maximum atomic E-state index is 11.8. The molecule has 19 heavy (non-hydrogen) atoms. The lowest BCUT2D eigenvalue weighted by atomic mass is 10.0. The summed E-state index contributed by atoms with van der Waals surface area (Å²) in [7, 11) is -3.38. The molecule has 0 amide bonds. The van der Waals surface area contributed by atoms with Crippen molar-refractivity contribution in [2.45, 2.75) is 37.6 Å². The topological polar surface area (TPSA) is 84.2 Å². The van der Waals surface area contributed by atoms with Crippen LogP contribution < -0.4 is 15.8 Å². The monoisotopic (exact) mass is 285 g/mol. The van der Waals surface area contributed by atoms with E-state index in [9.17, 15) is 8.42 Å². The van der Waals surface area contributed by atoms with Crippen molar-refractivity contribution in [1.29, 1.82) is 0 Å². The third kappa shape index (κ3) is 4.81. The molecule has 0 saturated heterocycles. The normalized spacial score (nSPS) is 12.4. The first-order chi connectivity index (χ1) is 8.80. The van der Waals surface area contributed by atoms with Crippen LogP contribution in [0, 0.1) is 0 Å². The molecule has 4 N–H and O–H groups in total. The molecule has 0 bridgehead atoms. The van der Waals surface area contributed by atoms with Gasteiger partial charge in [-0.1, -0.05) is 6.92 Å². The predicted molar refractivity (Wildman–Crippen MR) is 78.7 cm³/mol. The van der Waals surface area contributed by atoms with Gasteiger partial charge in [-0.2, -0.15) is 0 Å². The molecule has 1 rings (SSSR count). The number of nitrogens with one attached hydrogen (secondary N) is 2. The fraction of sp³-hybridized carbons (Fsp3) is 0.538. The Kier molecular flexibility index (Phi) is 5.34. The maximum absolute atomic E-state index is 11.8. The molecule has 1 aromatic carbocycles. The van der Waals surface area contributed by atoms with Gasteiger partial charge in [-0.05, 0) is 51.1 Å². The molecule has 0 heterocycles. The zero-order valence-electron chi connectivity index (χ0n) is 11.7. The van der Waals surface area contributed by atoms with E-state index in [1.807, 2.05) is 0 Å². The summed E-state index contributed by atoms with van der Waals surface area (Å²) in [4.78, 5) is 0.275. The van der Waals surface area contributed by atoms with E-state index in [2.05, 4.69) is 23.9 Å². The van der Waals surface area contributed by atoms with Gasteiger partial charge >= 0.3 is 0 Å². The number of anilines is 1. The van der Waals surface area contributed by atoms with Crippen molar-refractivity contribution in [2.75, 3.05) is 18.4 Å². The van der Waals surface area contributed by atoms with Gasteiger partial charge in [0.15, 0.2) is 0 Å². The number of rotatable bonds is 7. The zero-order chi connectivity index (χ0) is 14.5. The van der Waals surface area contributed by atoms with Crippen molar-refractivity contribution in [3.63, 3.8) is 0 Å². The summed E-state index contributed by atoms with van der Waals surface area (Å²) in [6, 6.07) is 6.72. The van der Waals surface area contributed by atoms with E-state index in [0.717, 1.165) is 12.1 Å². The molecule has 0 spiro atoms. The van der Waals surface area contributed by atoms with Crippen LogP contribution in [0.15, 0.2) is 29.2 Å². The van der Waals surface area contributed by atoms with Crippen molar-refractivity contribution in [1.82, 2.24) is 4.72 Å². The van der Waals surface area contributed by atoms with Gasteiger partial charge in [0.25, 0.3) is 0 Å². The van der Waals surface area contributed by atoms with Gasteiger partial charge in [0, 0.05) is 17.8 Å². The Morgan fingerprint density at radius 2 is 1.79 bits per heavy atom. The highest BCUT2D eigenvalue weighted by molar-refractivity contribution is 7.89. The van der Waals surface area contributed by atoms with Crippen molar-refractivity contribution in [2.24, 2.45) is 5.73 Å². The lowest BCUT2D eigenvalue weighted by Crippen LogP contribution is -2.33. The third-order valence-corrected chi connectivity index (χ3v) is 4.31. The molecule has 5 nitrogen and oxygen atoms in total. The Labute approximate surface area is 115 Å². The minimum Gasteiger partial charge on any atom is -0.380 e. The summed E-state index contributed by atoms with van der Waals surface area (Å²) < 4.78 is 26.0. The average Bonchev–Trinajstić information content (AvgIpc) is 2.28. The second-order valence-electron chi connectivity index (χ2n) is 5.07. The minimum absolute atomic E-state index is 0.114. The minimum atomic E-state index is -3.38. The molecule has 0 fully saturated rings. The molecular weight excluding hydrogens is 262 g/mol. The van der Waals surface area contributed by atoms with E-state index in [0.29, 0.717) is 13.1 Å². The van der Waals surface area contributed by atoms with Crippen LogP contribution in [-0.4, -0.2) is 27.0 Å². The fourth-order valence-electron chi connectivity index (χ4n) is 1.80. The zero-order valence-corrected chi connectivity index (χ0v) is 12.5. The first-order valence-electron chi connectivity index (χ1n) is 6.39. The van der Waals surface area contributed by atoms with Crippen LogP contribution in [0.25, 0.3) is 0 Å². The second kappa shape index (κ2) is 6.36. The lowest BCUT2D eigenvalue weighted by molar-refractivity contribution is 0.526. The van der Waals surface area contributed by atoms with E-state index in [-0.39, 0.29) is 10.4 Å². The van der Waals surface area contributed by atoms with Crippen molar-refractivity contribution in [3.8, 4) is 0 Å². The Hall–Kier alpha value is -1.11. The molecule has 6 heteroatoms. The molecule has 0 radical (unpaired) electrons. The van der Waals surface area contributed by atoms with Crippen molar-refractivity contribution < 1.29 is 8.42 Å².